The Balaban J connectivity index is 2.75. The summed E-state index contributed by atoms with van der Waals surface area (Å²) in [5.41, 5.74) is 8.03. The highest BCUT2D eigenvalue weighted by molar-refractivity contribution is 7.98. The molecule has 3 nitrogen and oxygen atoms in total. The van der Waals surface area contributed by atoms with Crippen LogP contribution in [0.4, 0.5) is 0 Å². The molecule has 0 aliphatic rings. The molecule has 2 N–H and O–H groups in total. The van der Waals surface area contributed by atoms with Gasteiger partial charge in [0.1, 0.15) is 5.75 Å². The third kappa shape index (κ3) is 4.71. The summed E-state index contributed by atoms with van der Waals surface area (Å²) in [6.07, 6.45) is 3.34. The second-order valence-corrected chi connectivity index (χ2v) is 5.69. The number of benzene rings is 1. The fourth-order valence-corrected chi connectivity index (χ4v) is 3.10. The van der Waals surface area contributed by atoms with Crippen LogP contribution in [0.3, 0.4) is 0 Å². The zero-order chi connectivity index (χ0) is 14.3. The van der Waals surface area contributed by atoms with Crippen molar-refractivity contribution in [2.45, 2.75) is 32.5 Å². The van der Waals surface area contributed by atoms with E-state index in [1.165, 1.54) is 17.7 Å². The Morgan fingerprint density at radius 1 is 1.42 bits per heavy atom. The highest BCUT2D eigenvalue weighted by Gasteiger charge is 2.13. The molecule has 19 heavy (non-hydrogen) atoms. The quantitative estimate of drug-likeness (QED) is 0.795. The molecule has 108 valence electrons. The first kappa shape index (κ1) is 16.3. The lowest BCUT2D eigenvalue weighted by molar-refractivity contribution is 0.247. The first-order chi connectivity index (χ1) is 9.15. The second-order valence-electron chi connectivity index (χ2n) is 4.78. The maximum atomic E-state index is 5.69. The zero-order valence-electron chi connectivity index (χ0n) is 12.5. The van der Waals surface area contributed by atoms with Crippen LogP contribution >= 0.6 is 11.8 Å². The summed E-state index contributed by atoms with van der Waals surface area (Å²) < 4.78 is 5.39. The largest absolute Gasteiger partial charge is 0.496 e. The molecule has 0 aromatic heterocycles. The van der Waals surface area contributed by atoms with Gasteiger partial charge in [0.25, 0.3) is 0 Å². The average molecular weight is 282 g/mol. The first-order valence-corrected chi connectivity index (χ1v) is 8.10. The molecule has 0 aliphatic carbocycles. The van der Waals surface area contributed by atoms with Crippen molar-refractivity contribution >= 4 is 11.8 Å². The molecule has 0 spiro atoms. The predicted octanol–water partition coefficient (Wildman–Crippen LogP) is 2.73. The van der Waals surface area contributed by atoms with Gasteiger partial charge in [-0.1, -0.05) is 19.1 Å². The van der Waals surface area contributed by atoms with Crippen LogP contribution in [-0.4, -0.2) is 37.1 Å². The van der Waals surface area contributed by atoms with Gasteiger partial charge in [0.2, 0.25) is 0 Å². The molecule has 0 bridgehead atoms. The van der Waals surface area contributed by atoms with E-state index in [0.717, 1.165) is 17.9 Å². The van der Waals surface area contributed by atoms with E-state index >= 15 is 0 Å². The van der Waals surface area contributed by atoms with Gasteiger partial charge in [-0.25, -0.2) is 0 Å². The molecule has 0 aliphatic heterocycles. The maximum Gasteiger partial charge on any atom is 0.123 e. The van der Waals surface area contributed by atoms with Crippen molar-refractivity contribution in [3.63, 3.8) is 0 Å². The van der Waals surface area contributed by atoms with Gasteiger partial charge in [-0.15, -0.1) is 0 Å². The highest BCUT2D eigenvalue weighted by atomic mass is 32.2. The van der Waals surface area contributed by atoms with Crippen LogP contribution in [0.15, 0.2) is 18.2 Å². The number of hydrogen-bond acceptors (Lipinski definition) is 4. The topological polar surface area (TPSA) is 38.5 Å². The van der Waals surface area contributed by atoms with Gasteiger partial charge in [-0.2, -0.15) is 11.8 Å². The average Bonchev–Trinajstić information content (AvgIpc) is 2.44. The van der Waals surface area contributed by atoms with Crippen LogP contribution in [0.2, 0.25) is 0 Å². The summed E-state index contributed by atoms with van der Waals surface area (Å²) in [4.78, 5) is 2.41. The number of hydrogen-bond donors (Lipinski definition) is 1. The molecule has 0 radical (unpaired) electrons. The van der Waals surface area contributed by atoms with E-state index in [0.29, 0.717) is 12.6 Å². The molecule has 0 saturated carbocycles. The van der Waals surface area contributed by atoms with Gasteiger partial charge in [-0.3, -0.25) is 4.90 Å². The summed E-state index contributed by atoms with van der Waals surface area (Å²) in [6, 6.07) is 6.94. The van der Waals surface area contributed by atoms with E-state index in [9.17, 15) is 0 Å². The Morgan fingerprint density at radius 3 is 2.68 bits per heavy atom. The van der Waals surface area contributed by atoms with E-state index in [-0.39, 0.29) is 0 Å². The van der Waals surface area contributed by atoms with Crippen molar-refractivity contribution < 1.29 is 4.74 Å². The molecular formula is C15H26N2OS. The molecule has 0 fully saturated rings. The van der Waals surface area contributed by atoms with Gasteiger partial charge in [0.05, 0.1) is 7.11 Å². The number of rotatable bonds is 8. The van der Waals surface area contributed by atoms with Crippen molar-refractivity contribution in [2.75, 3.05) is 26.2 Å². The van der Waals surface area contributed by atoms with Gasteiger partial charge in [0, 0.05) is 30.4 Å². The van der Waals surface area contributed by atoms with Crippen LogP contribution in [0, 0.1) is 0 Å². The minimum absolute atomic E-state index is 0.517. The van der Waals surface area contributed by atoms with Crippen LogP contribution in [0.5, 0.6) is 5.75 Å². The second kappa shape index (κ2) is 8.46. The number of methoxy groups -OCH3 is 1. The molecular weight excluding hydrogens is 256 g/mol. The van der Waals surface area contributed by atoms with Gasteiger partial charge in [0.15, 0.2) is 0 Å². The van der Waals surface area contributed by atoms with Gasteiger partial charge < -0.3 is 10.5 Å². The molecule has 0 heterocycles. The molecule has 1 unspecified atom stereocenters. The lowest BCUT2D eigenvalue weighted by atomic mass is 10.1. The lowest BCUT2D eigenvalue weighted by Gasteiger charge is -2.26. The van der Waals surface area contributed by atoms with Gasteiger partial charge in [-0.05, 0) is 31.4 Å². The van der Waals surface area contributed by atoms with Gasteiger partial charge >= 0.3 is 0 Å². The third-order valence-electron chi connectivity index (χ3n) is 3.46. The van der Waals surface area contributed by atoms with Crippen molar-refractivity contribution in [3.8, 4) is 5.75 Å². The Morgan fingerprint density at radius 2 is 2.16 bits per heavy atom. The summed E-state index contributed by atoms with van der Waals surface area (Å²) in [7, 11) is 3.89. The Hall–Kier alpha value is -0.710. The van der Waals surface area contributed by atoms with Crippen molar-refractivity contribution in [3.05, 3.63) is 29.3 Å². The number of nitrogens with two attached hydrogens (primary N) is 1. The molecule has 1 rings (SSSR count). The number of thioether (sulfide) groups is 1. The molecule has 0 saturated heterocycles. The summed E-state index contributed by atoms with van der Waals surface area (Å²) in [6.45, 7) is 3.71. The fourth-order valence-electron chi connectivity index (χ4n) is 2.22. The Bertz CT molecular complexity index is 384. The van der Waals surface area contributed by atoms with Crippen LogP contribution in [0.25, 0.3) is 0 Å². The zero-order valence-corrected chi connectivity index (χ0v) is 13.3. The Kier molecular flexibility index (Phi) is 7.28. The molecule has 0 amide bonds. The highest BCUT2D eigenvalue weighted by Crippen LogP contribution is 2.21. The van der Waals surface area contributed by atoms with E-state index in [1.807, 2.05) is 11.8 Å². The monoisotopic (exact) mass is 282 g/mol. The SMILES string of the molecule is CCC(CSC)N(C)Cc1ccc(CN)c(OC)c1. The van der Waals surface area contributed by atoms with Crippen LogP contribution in [0.1, 0.15) is 24.5 Å². The first-order valence-electron chi connectivity index (χ1n) is 6.71. The van der Waals surface area contributed by atoms with Crippen LogP contribution in [-0.2, 0) is 13.1 Å². The maximum absolute atomic E-state index is 5.69. The normalized spacial score (nSPS) is 12.7. The number of ether oxygens (including phenoxy) is 1. The lowest BCUT2D eigenvalue weighted by Crippen LogP contribution is -2.32. The van der Waals surface area contributed by atoms with E-state index in [2.05, 4.69) is 43.3 Å². The minimum atomic E-state index is 0.517. The van der Waals surface area contributed by atoms with E-state index < -0.39 is 0 Å². The van der Waals surface area contributed by atoms with Crippen LogP contribution < -0.4 is 10.5 Å². The Labute approximate surface area is 121 Å². The summed E-state index contributed by atoms with van der Waals surface area (Å²) >= 11 is 1.90. The minimum Gasteiger partial charge on any atom is -0.496 e. The van der Waals surface area contributed by atoms with Crippen molar-refractivity contribution in [1.82, 2.24) is 4.90 Å². The third-order valence-corrected chi connectivity index (χ3v) is 4.18. The summed E-state index contributed by atoms with van der Waals surface area (Å²) in [5.74, 6) is 2.07. The molecule has 1 atom stereocenters. The van der Waals surface area contributed by atoms with E-state index in [1.54, 1.807) is 7.11 Å². The fraction of sp³-hybridized carbons (Fsp3) is 0.600. The van der Waals surface area contributed by atoms with Crippen molar-refractivity contribution in [2.24, 2.45) is 5.73 Å². The number of nitrogens with zero attached hydrogens (tertiary/aromatic N) is 1. The standard InChI is InChI=1S/C15H26N2OS/c1-5-14(11-19-4)17(2)10-12-6-7-13(9-16)15(8-12)18-3/h6-8,14H,5,9-11,16H2,1-4H3. The summed E-state index contributed by atoms with van der Waals surface area (Å²) in [5, 5.41) is 0. The van der Waals surface area contributed by atoms with Crippen molar-refractivity contribution in [1.29, 1.82) is 0 Å². The molecule has 1 aromatic rings. The molecule has 1 aromatic carbocycles. The van der Waals surface area contributed by atoms with E-state index in [4.69, 9.17) is 10.5 Å². The molecule has 4 heteroatoms. The smallest absolute Gasteiger partial charge is 0.123 e. The predicted molar refractivity (Wildman–Crippen MR) is 84.8 cm³/mol.